The topological polar surface area (TPSA) is 133 Å². The number of nitrogens with one attached hydrogen (secondary N) is 1. The molecule has 254 valence electrons. The summed E-state index contributed by atoms with van der Waals surface area (Å²) in [5, 5.41) is 8.77. The van der Waals surface area contributed by atoms with Gasteiger partial charge in [-0.2, -0.15) is 5.10 Å². The van der Waals surface area contributed by atoms with Crippen molar-refractivity contribution in [2.45, 2.75) is 97.3 Å². The van der Waals surface area contributed by atoms with E-state index in [1.54, 1.807) is 43.0 Å². The monoisotopic (exact) mass is 673 g/mol. The smallest absolute Gasteiger partial charge is 0.268 e. The van der Waals surface area contributed by atoms with Crippen LogP contribution in [0.25, 0.3) is 5.82 Å². The zero-order valence-corrected chi connectivity index (χ0v) is 31.2. The second-order valence-corrected chi connectivity index (χ2v) is 22.2. The maximum absolute atomic E-state index is 13.8. The van der Waals surface area contributed by atoms with Crippen LogP contribution in [0.15, 0.2) is 35.5 Å². The second kappa shape index (κ2) is 12.4. The van der Waals surface area contributed by atoms with Crippen LogP contribution < -0.4 is 14.4 Å². The molecule has 0 saturated carbocycles. The zero-order valence-electron chi connectivity index (χ0n) is 29.4. The van der Waals surface area contributed by atoms with Gasteiger partial charge in [0, 0.05) is 50.1 Å². The van der Waals surface area contributed by atoms with Crippen molar-refractivity contribution in [1.82, 2.24) is 29.3 Å². The SMILES string of the molecule is Cc1nn(C)cc1S(=O)(=O)NC(=O)c1ccc(-n2ccc(OCC(C)(C)C)n2)nc1N1CC(CO[Si](C)(C)C(C)(C)C)CC1(C)C. The Balaban J connectivity index is 1.70. The van der Waals surface area contributed by atoms with Gasteiger partial charge in [0.1, 0.15) is 10.7 Å². The van der Waals surface area contributed by atoms with Crippen LogP contribution in [-0.4, -0.2) is 72.5 Å². The van der Waals surface area contributed by atoms with Crippen molar-refractivity contribution in [3.8, 4) is 11.7 Å². The van der Waals surface area contributed by atoms with Crippen molar-refractivity contribution >= 4 is 30.1 Å². The van der Waals surface area contributed by atoms with Crippen molar-refractivity contribution in [2.24, 2.45) is 18.4 Å². The Morgan fingerprint density at radius 1 is 1.11 bits per heavy atom. The number of aromatic nitrogens is 5. The molecule has 1 saturated heterocycles. The maximum atomic E-state index is 13.8. The van der Waals surface area contributed by atoms with E-state index >= 15 is 0 Å². The van der Waals surface area contributed by atoms with Crippen LogP contribution in [0.4, 0.5) is 5.82 Å². The molecule has 12 nitrogen and oxygen atoms in total. The normalized spacial score (nSPS) is 17.4. The molecule has 0 radical (unpaired) electrons. The van der Waals surface area contributed by atoms with Crippen LogP contribution in [-0.2, 0) is 21.5 Å². The lowest BCUT2D eigenvalue weighted by atomic mass is 9.97. The summed E-state index contributed by atoms with van der Waals surface area (Å²) < 4.78 is 44.3. The lowest BCUT2D eigenvalue weighted by Crippen LogP contribution is -2.42. The average Bonchev–Trinajstić information content (AvgIpc) is 3.61. The first-order valence-corrected chi connectivity index (χ1v) is 20.1. The zero-order chi connectivity index (χ0) is 34.5. The Bertz CT molecular complexity index is 1680. The van der Waals surface area contributed by atoms with Gasteiger partial charge in [-0.25, -0.2) is 22.8 Å². The summed E-state index contributed by atoms with van der Waals surface area (Å²) in [7, 11) is -4.54. The van der Waals surface area contributed by atoms with E-state index in [-0.39, 0.29) is 26.8 Å². The molecular formula is C32H51N7O5SSi. The molecule has 0 aromatic carbocycles. The second-order valence-electron chi connectivity index (χ2n) is 15.7. The number of hydrogen-bond acceptors (Lipinski definition) is 9. The van der Waals surface area contributed by atoms with Crippen molar-refractivity contribution in [1.29, 1.82) is 0 Å². The Kier molecular flexibility index (Phi) is 9.61. The molecule has 1 unspecified atom stereocenters. The average molecular weight is 674 g/mol. The Morgan fingerprint density at radius 2 is 1.78 bits per heavy atom. The molecule has 1 aliphatic rings. The fraction of sp³-hybridized carbons (Fsp3) is 0.625. The minimum Gasteiger partial charge on any atom is -0.476 e. The molecule has 0 bridgehead atoms. The number of anilines is 1. The fourth-order valence-corrected chi connectivity index (χ4v) is 7.51. The molecule has 3 aromatic heterocycles. The van der Waals surface area contributed by atoms with E-state index in [9.17, 15) is 13.2 Å². The summed E-state index contributed by atoms with van der Waals surface area (Å²) in [6, 6.07) is 5.03. The Hall–Kier alpha value is -3.23. The van der Waals surface area contributed by atoms with Crippen LogP contribution in [0.1, 0.15) is 77.9 Å². The van der Waals surface area contributed by atoms with E-state index in [1.165, 1.54) is 10.9 Å². The number of carbonyl (C=O) groups is 1. The van der Waals surface area contributed by atoms with Crippen LogP contribution in [0.3, 0.4) is 0 Å². The lowest BCUT2D eigenvalue weighted by Gasteiger charge is -2.37. The van der Waals surface area contributed by atoms with Gasteiger partial charge >= 0.3 is 0 Å². The largest absolute Gasteiger partial charge is 0.476 e. The molecule has 1 N–H and O–H groups in total. The van der Waals surface area contributed by atoms with Gasteiger partial charge in [-0.3, -0.25) is 9.48 Å². The van der Waals surface area contributed by atoms with Crippen molar-refractivity contribution in [3.05, 3.63) is 41.9 Å². The molecule has 1 fully saturated rings. The molecule has 1 amide bonds. The number of hydrogen-bond donors (Lipinski definition) is 1. The van der Waals surface area contributed by atoms with Gasteiger partial charge in [0.05, 0.1) is 17.9 Å². The van der Waals surface area contributed by atoms with E-state index in [0.717, 1.165) is 6.42 Å². The Morgan fingerprint density at radius 3 is 2.37 bits per heavy atom. The Labute approximate surface area is 275 Å². The van der Waals surface area contributed by atoms with Crippen molar-refractivity contribution in [2.75, 3.05) is 24.7 Å². The van der Waals surface area contributed by atoms with Crippen LogP contribution in [0, 0.1) is 18.3 Å². The summed E-state index contributed by atoms with van der Waals surface area (Å²) in [6.07, 6.45) is 3.94. The first-order valence-electron chi connectivity index (χ1n) is 15.7. The quantitative estimate of drug-likeness (QED) is 0.278. The van der Waals surface area contributed by atoms with Gasteiger partial charge in [-0.15, -0.1) is 5.10 Å². The third kappa shape index (κ3) is 8.00. The predicted octanol–water partition coefficient (Wildman–Crippen LogP) is 5.48. The van der Waals surface area contributed by atoms with Gasteiger partial charge in [0.25, 0.3) is 15.9 Å². The molecule has 4 heterocycles. The molecular weight excluding hydrogens is 623 g/mol. The lowest BCUT2D eigenvalue weighted by molar-refractivity contribution is 0.0981. The number of carbonyl (C=O) groups excluding carboxylic acids is 1. The molecule has 0 aliphatic carbocycles. The predicted molar refractivity (Wildman–Crippen MR) is 182 cm³/mol. The number of aryl methyl sites for hydroxylation is 2. The van der Waals surface area contributed by atoms with Gasteiger partial charge in [-0.05, 0) is 62.9 Å². The van der Waals surface area contributed by atoms with Crippen LogP contribution in [0.5, 0.6) is 5.88 Å². The highest BCUT2D eigenvalue weighted by Gasteiger charge is 2.43. The van der Waals surface area contributed by atoms with Crippen molar-refractivity contribution in [3.63, 3.8) is 0 Å². The van der Waals surface area contributed by atoms with E-state index in [1.807, 2.05) is 0 Å². The minimum atomic E-state index is -4.19. The summed E-state index contributed by atoms with van der Waals surface area (Å²) in [5.74, 6) is 0.723. The summed E-state index contributed by atoms with van der Waals surface area (Å²) in [5.41, 5.74) is 0.00562. The molecule has 1 atom stereocenters. The first kappa shape index (κ1) is 35.6. The number of nitrogens with zero attached hydrogens (tertiary/aromatic N) is 6. The molecule has 14 heteroatoms. The van der Waals surface area contributed by atoms with Gasteiger partial charge < -0.3 is 14.1 Å². The number of ether oxygens (including phenoxy) is 1. The highest BCUT2D eigenvalue weighted by Crippen LogP contribution is 2.41. The summed E-state index contributed by atoms with van der Waals surface area (Å²) >= 11 is 0. The molecule has 3 aromatic rings. The minimum absolute atomic E-state index is 0.0366. The summed E-state index contributed by atoms with van der Waals surface area (Å²) in [6.45, 7) is 24.9. The number of sulfonamides is 1. The molecule has 0 spiro atoms. The standard InChI is InChI=1S/C32H51N7O5SSi/c1-22-25(19-37(10)34-22)45(41,42)36-29(40)24-13-14-26(39-16-15-27(35-39)43-21-30(2,3)4)33-28(24)38-18-23(17-32(38,8)9)20-44-46(11,12)31(5,6)7/h13-16,19,23H,17-18,20-21H2,1-12H3,(H,36,40). The highest BCUT2D eigenvalue weighted by molar-refractivity contribution is 7.90. The van der Waals surface area contributed by atoms with E-state index in [0.29, 0.717) is 43.0 Å². The molecule has 4 rings (SSSR count). The van der Waals surface area contributed by atoms with Gasteiger partial charge in [-0.1, -0.05) is 41.5 Å². The number of rotatable bonds is 10. The summed E-state index contributed by atoms with van der Waals surface area (Å²) in [4.78, 5) is 20.7. The van der Waals surface area contributed by atoms with Crippen molar-refractivity contribution < 1.29 is 22.4 Å². The number of pyridine rings is 1. The molecule has 46 heavy (non-hydrogen) atoms. The van der Waals surface area contributed by atoms with Gasteiger partial charge in [0.15, 0.2) is 14.1 Å². The third-order valence-corrected chi connectivity index (χ3v) is 14.7. The van der Waals surface area contributed by atoms with E-state index < -0.39 is 29.8 Å². The maximum Gasteiger partial charge on any atom is 0.268 e. The first-order chi connectivity index (χ1) is 21.0. The fourth-order valence-electron chi connectivity index (χ4n) is 5.24. The van der Waals surface area contributed by atoms with Crippen LogP contribution in [0.2, 0.25) is 18.1 Å². The van der Waals surface area contributed by atoms with E-state index in [2.05, 4.69) is 88.3 Å². The molecule has 1 aliphatic heterocycles. The van der Waals surface area contributed by atoms with Crippen LogP contribution >= 0.6 is 0 Å². The number of amides is 1. The third-order valence-electron chi connectivity index (χ3n) is 8.74. The van der Waals surface area contributed by atoms with Gasteiger partial charge in [0.2, 0.25) is 5.88 Å². The highest BCUT2D eigenvalue weighted by atomic mass is 32.2. The van der Waals surface area contributed by atoms with E-state index in [4.69, 9.17) is 14.1 Å².